The number of aliphatic carboxylic acids is 1. The summed E-state index contributed by atoms with van der Waals surface area (Å²) in [6.07, 6.45) is 4.34. The molecule has 1 aromatic carbocycles. The van der Waals surface area contributed by atoms with Gasteiger partial charge in [0.05, 0.1) is 22.4 Å². The Hall–Kier alpha value is -2.32. The van der Waals surface area contributed by atoms with Crippen LogP contribution in [0.2, 0.25) is 5.02 Å². The van der Waals surface area contributed by atoms with Crippen LogP contribution in [0.25, 0.3) is 0 Å². The Bertz CT molecular complexity index is 649. The molecule has 0 bridgehead atoms. The first-order chi connectivity index (χ1) is 10.0. The van der Waals surface area contributed by atoms with E-state index in [4.69, 9.17) is 22.0 Å². The molecule has 2 unspecified atom stereocenters. The van der Waals surface area contributed by atoms with E-state index in [1.165, 1.54) is 12.1 Å². The number of nitriles is 1. The first-order valence-electron chi connectivity index (χ1n) is 6.41. The second-order valence-electron chi connectivity index (χ2n) is 4.79. The molecule has 1 aliphatic carbocycles. The van der Waals surface area contributed by atoms with E-state index in [1.54, 1.807) is 12.1 Å². The van der Waals surface area contributed by atoms with E-state index in [2.05, 4.69) is 5.32 Å². The molecule has 21 heavy (non-hydrogen) atoms. The van der Waals surface area contributed by atoms with Crippen molar-refractivity contribution >= 4 is 29.2 Å². The largest absolute Gasteiger partial charge is 0.481 e. The molecular formula is C15H13ClN2O3. The van der Waals surface area contributed by atoms with Crippen LogP contribution in [-0.4, -0.2) is 17.0 Å². The lowest BCUT2D eigenvalue weighted by Crippen LogP contribution is -2.34. The zero-order valence-corrected chi connectivity index (χ0v) is 11.8. The van der Waals surface area contributed by atoms with Gasteiger partial charge in [-0.1, -0.05) is 23.8 Å². The fraction of sp³-hybridized carbons (Fsp3) is 0.267. The zero-order valence-electron chi connectivity index (χ0n) is 11.0. The number of carboxylic acid groups (broad SMARTS) is 1. The fourth-order valence-corrected chi connectivity index (χ4v) is 2.52. The predicted octanol–water partition coefficient (Wildman–Crippen LogP) is 2.82. The van der Waals surface area contributed by atoms with Gasteiger partial charge in [0, 0.05) is 5.69 Å². The number of carbonyl (C=O) groups excluding carboxylic acids is 1. The third-order valence-electron chi connectivity index (χ3n) is 3.44. The van der Waals surface area contributed by atoms with Gasteiger partial charge in [-0.15, -0.1) is 0 Å². The highest BCUT2D eigenvalue weighted by atomic mass is 35.5. The number of nitrogens with zero attached hydrogens (tertiary/aromatic N) is 1. The Balaban J connectivity index is 2.14. The Morgan fingerprint density at radius 1 is 1.29 bits per heavy atom. The monoisotopic (exact) mass is 304 g/mol. The van der Waals surface area contributed by atoms with Crippen molar-refractivity contribution in [1.82, 2.24) is 0 Å². The summed E-state index contributed by atoms with van der Waals surface area (Å²) in [4.78, 5) is 23.4. The summed E-state index contributed by atoms with van der Waals surface area (Å²) < 4.78 is 0. The number of benzene rings is 1. The summed E-state index contributed by atoms with van der Waals surface area (Å²) >= 11 is 5.90. The van der Waals surface area contributed by atoms with Crippen molar-refractivity contribution in [1.29, 1.82) is 5.26 Å². The van der Waals surface area contributed by atoms with Crippen LogP contribution in [0.4, 0.5) is 5.69 Å². The van der Waals surface area contributed by atoms with Gasteiger partial charge >= 0.3 is 5.97 Å². The zero-order chi connectivity index (χ0) is 15.4. The van der Waals surface area contributed by atoms with E-state index in [9.17, 15) is 9.59 Å². The van der Waals surface area contributed by atoms with Crippen LogP contribution >= 0.6 is 11.6 Å². The number of halogens is 1. The molecule has 0 fully saturated rings. The van der Waals surface area contributed by atoms with Gasteiger partial charge in [0.1, 0.15) is 6.07 Å². The topological polar surface area (TPSA) is 90.2 Å². The predicted molar refractivity (Wildman–Crippen MR) is 77.8 cm³/mol. The van der Waals surface area contributed by atoms with Gasteiger partial charge in [0.25, 0.3) is 0 Å². The maximum Gasteiger partial charge on any atom is 0.307 e. The summed E-state index contributed by atoms with van der Waals surface area (Å²) in [7, 11) is 0. The van der Waals surface area contributed by atoms with Crippen molar-refractivity contribution in [2.75, 3.05) is 5.32 Å². The molecule has 0 spiro atoms. The molecule has 6 heteroatoms. The molecule has 0 saturated heterocycles. The lowest BCUT2D eigenvalue weighted by atomic mass is 9.82. The quantitative estimate of drug-likeness (QED) is 0.840. The molecule has 0 saturated carbocycles. The van der Waals surface area contributed by atoms with Crippen molar-refractivity contribution in [3.63, 3.8) is 0 Å². The Morgan fingerprint density at radius 3 is 2.52 bits per heavy atom. The Kier molecular flexibility index (Phi) is 4.61. The van der Waals surface area contributed by atoms with Crippen molar-refractivity contribution in [2.24, 2.45) is 11.8 Å². The average Bonchev–Trinajstić information content (AvgIpc) is 2.47. The number of allylic oxidation sites excluding steroid dienone is 2. The Morgan fingerprint density at radius 2 is 1.95 bits per heavy atom. The van der Waals surface area contributed by atoms with Crippen LogP contribution in [0, 0.1) is 23.2 Å². The number of anilines is 1. The van der Waals surface area contributed by atoms with Crippen LogP contribution < -0.4 is 5.32 Å². The standard InChI is InChI=1S/C15H13ClN2O3/c16-13-7-10(6-5-9(13)8-17)18-14(19)11-3-1-2-4-12(11)15(20)21/h1-2,5-7,11-12H,3-4H2,(H,18,19)(H,20,21). The fourth-order valence-electron chi connectivity index (χ4n) is 2.30. The SMILES string of the molecule is N#Cc1ccc(NC(=O)C2CC=CCC2C(=O)O)cc1Cl. The van der Waals surface area contributed by atoms with E-state index >= 15 is 0 Å². The molecule has 0 heterocycles. The molecule has 108 valence electrons. The van der Waals surface area contributed by atoms with Crippen LogP contribution in [0.3, 0.4) is 0 Å². The first-order valence-corrected chi connectivity index (χ1v) is 6.79. The highest BCUT2D eigenvalue weighted by molar-refractivity contribution is 6.32. The molecule has 0 radical (unpaired) electrons. The molecule has 1 aliphatic rings. The summed E-state index contributed by atoms with van der Waals surface area (Å²) in [5.41, 5.74) is 0.765. The summed E-state index contributed by atoms with van der Waals surface area (Å²) in [6, 6.07) is 6.48. The molecule has 0 aromatic heterocycles. The second kappa shape index (κ2) is 6.42. The van der Waals surface area contributed by atoms with Gasteiger partial charge in [0.15, 0.2) is 0 Å². The lowest BCUT2D eigenvalue weighted by molar-refractivity contribution is -0.146. The maximum atomic E-state index is 12.2. The molecule has 2 N–H and O–H groups in total. The summed E-state index contributed by atoms with van der Waals surface area (Å²) in [5.74, 6) is -2.66. The van der Waals surface area contributed by atoms with Crippen LogP contribution in [0.1, 0.15) is 18.4 Å². The van der Waals surface area contributed by atoms with Crippen LogP contribution in [0.5, 0.6) is 0 Å². The lowest BCUT2D eigenvalue weighted by Gasteiger charge is -2.24. The highest BCUT2D eigenvalue weighted by Crippen LogP contribution is 2.28. The van der Waals surface area contributed by atoms with Gasteiger partial charge in [-0.3, -0.25) is 9.59 Å². The minimum absolute atomic E-state index is 0.244. The number of hydrogen-bond donors (Lipinski definition) is 2. The summed E-state index contributed by atoms with van der Waals surface area (Å²) in [6.45, 7) is 0. The number of carboxylic acids is 1. The van der Waals surface area contributed by atoms with Gasteiger partial charge in [-0.25, -0.2) is 0 Å². The Labute approximate surface area is 126 Å². The number of hydrogen-bond acceptors (Lipinski definition) is 3. The van der Waals surface area contributed by atoms with Gasteiger partial charge < -0.3 is 10.4 Å². The molecule has 5 nitrogen and oxygen atoms in total. The molecule has 1 aromatic rings. The van der Waals surface area contributed by atoms with Crippen LogP contribution in [-0.2, 0) is 9.59 Å². The maximum absolute atomic E-state index is 12.2. The van der Waals surface area contributed by atoms with Crippen molar-refractivity contribution in [3.8, 4) is 6.07 Å². The molecule has 2 atom stereocenters. The number of carbonyl (C=O) groups is 2. The van der Waals surface area contributed by atoms with Gasteiger partial charge in [-0.2, -0.15) is 5.26 Å². The molecule has 0 aliphatic heterocycles. The smallest absolute Gasteiger partial charge is 0.307 e. The van der Waals surface area contributed by atoms with Crippen molar-refractivity contribution < 1.29 is 14.7 Å². The minimum atomic E-state index is -0.975. The van der Waals surface area contributed by atoms with E-state index in [-0.39, 0.29) is 10.9 Å². The van der Waals surface area contributed by atoms with Gasteiger partial charge in [-0.05, 0) is 31.0 Å². The first kappa shape index (κ1) is 15.1. The molecule has 2 rings (SSSR count). The molecule has 1 amide bonds. The van der Waals surface area contributed by atoms with Gasteiger partial charge in [0.2, 0.25) is 5.91 Å². The normalized spacial score (nSPS) is 20.6. The third-order valence-corrected chi connectivity index (χ3v) is 3.76. The van der Waals surface area contributed by atoms with Crippen molar-refractivity contribution in [2.45, 2.75) is 12.8 Å². The van der Waals surface area contributed by atoms with E-state index in [0.29, 0.717) is 24.1 Å². The molecular weight excluding hydrogens is 292 g/mol. The van der Waals surface area contributed by atoms with E-state index < -0.39 is 17.8 Å². The number of amides is 1. The van der Waals surface area contributed by atoms with Crippen LogP contribution in [0.15, 0.2) is 30.4 Å². The summed E-state index contributed by atoms with van der Waals surface area (Å²) in [5, 5.41) is 20.9. The van der Waals surface area contributed by atoms with Crippen molar-refractivity contribution in [3.05, 3.63) is 40.9 Å². The van der Waals surface area contributed by atoms with E-state index in [0.717, 1.165) is 0 Å². The minimum Gasteiger partial charge on any atom is -0.481 e. The highest BCUT2D eigenvalue weighted by Gasteiger charge is 2.33. The number of rotatable bonds is 3. The number of nitrogens with one attached hydrogen (secondary N) is 1. The van der Waals surface area contributed by atoms with E-state index in [1.807, 2.05) is 12.1 Å². The average molecular weight is 305 g/mol. The third kappa shape index (κ3) is 3.41. The second-order valence-corrected chi connectivity index (χ2v) is 5.20.